The quantitative estimate of drug-likeness (QED) is 0.343. The number of carbonyl (C=O) groups is 2. The fraction of sp³-hybridized carbons (Fsp3) is 0.391. The Hall–Kier alpha value is -3.26. The van der Waals surface area contributed by atoms with Crippen LogP contribution in [-0.2, 0) is 9.63 Å². The normalized spacial score (nSPS) is 23.3. The van der Waals surface area contributed by atoms with Crippen LogP contribution in [0.5, 0.6) is 0 Å². The molecule has 1 heterocycles. The standard InChI is InChI=1S/C23H28N4O4/c1-3-20(28)21(24)25-22(29)19-13-18(26-31-2)14-27(19)23(30)17-11-9-16(10-12-17)15-7-5-4-6-8-15/h4-7,9-12,15,19-20,28H,3,8,13-14H2,1-2H3,(H2,24,25,29)/p+1/t15?,19-,20?/m0/s1. The number of amidine groups is 1. The molecule has 164 valence electrons. The number of benzene rings is 1. The summed E-state index contributed by atoms with van der Waals surface area (Å²) in [4.78, 5) is 34.8. The number of hydrogen-bond donors (Lipinski definition) is 3. The van der Waals surface area contributed by atoms with Crippen molar-refractivity contribution in [2.24, 2.45) is 10.9 Å². The Morgan fingerprint density at radius 1 is 1.32 bits per heavy atom. The van der Waals surface area contributed by atoms with Crippen molar-refractivity contribution in [1.82, 2.24) is 4.90 Å². The number of nitrogens with zero attached hydrogens (tertiary/aromatic N) is 2. The summed E-state index contributed by atoms with van der Waals surface area (Å²) in [6.07, 6.45) is 8.88. The highest BCUT2D eigenvalue weighted by Crippen LogP contribution is 2.26. The van der Waals surface area contributed by atoms with Crippen molar-refractivity contribution in [2.45, 2.75) is 44.2 Å². The Labute approximate surface area is 181 Å². The first-order valence-corrected chi connectivity index (χ1v) is 10.4. The van der Waals surface area contributed by atoms with E-state index in [9.17, 15) is 14.7 Å². The molecule has 1 aromatic carbocycles. The van der Waals surface area contributed by atoms with Gasteiger partial charge in [-0.3, -0.25) is 10.5 Å². The number of aliphatic hydroxyl groups is 1. The molecule has 1 fully saturated rings. The summed E-state index contributed by atoms with van der Waals surface area (Å²) in [7, 11) is 1.42. The molecule has 0 spiro atoms. The van der Waals surface area contributed by atoms with E-state index in [0.29, 0.717) is 23.6 Å². The van der Waals surface area contributed by atoms with E-state index in [4.69, 9.17) is 10.6 Å². The van der Waals surface area contributed by atoms with Crippen LogP contribution in [0.2, 0.25) is 0 Å². The number of hydrogen-bond acceptors (Lipinski definition) is 5. The minimum atomic E-state index is -0.946. The molecule has 0 saturated carbocycles. The average Bonchev–Trinajstić information content (AvgIpc) is 3.23. The van der Waals surface area contributed by atoms with E-state index in [1.807, 2.05) is 24.3 Å². The van der Waals surface area contributed by atoms with Crippen LogP contribution in [0.4, 0.5) is 0 Å². The van der Waals surface area contributed by atoms with Crippen LogP contribution in [0.15, 0.2) is 53.7 Å². The lowest BCUT2D eigenvalue weighted by Crippen LogP contribution is -2.84. The summed E-state index contributed by atoms with van der Waals surface area (Å²) in [6, 6.07) is 6.66. The molecule has 1 aromatic rings. The summed E-state index contributed by atoms with van der Waals surface area (Å²) in [5, 5.41) is 13.8. The summed E-state index contributed by atoms with van der Waals surface area (Å²) in [5.74, 6) is -0.475. The van der Waals surface area contributed by atoms with Crippen LogP contribution in [0.1, 0.15) is 48.0 Å². The molecule has 3 rings (SSSR count). The van der Waals surface area contributed by atoms with E-state index in [0.717, 1.165) is 12.0 Å². The monoisotopic (exact) mass is 425 g/mol. The molecule has 2 unspecified atom stereocenters. The van der Waals surface area contributed by atoms with E-state index < -0.39 is 18.1 Å². The largest absolute Gasteiger partial charge is 0.399 e. The first kappa shape index (κ1) is 22.4. The first-order chi connectivity index (χ1) is 14.9. The van der Waals surface area contributed by atoms with Gasteiger partial charge in [0.25, 0.3) is 11.7 Å². The summed E-state index contributed by atoms with van der Waals surface area (Å²) in [6.45, 7) is 1.93. The zero-order valence-corrected chi connectivity index (χ0v) is 17.8. The highest BCUT2D eigenvalue weighted by atomic mass is 16.6. The Morgan fingerprint density at radius 2 is 2.06 bits per heavy atom. The van der Waals surface area contributed by atoms with E-state index >= 15 is 0 Å². The Kier molecular flexibility index (Phi) is 7.36. The lowest BCUT2D eigenvalue weighted by molar-refractivity contribution is -0.385. The smallest absolute Gasteiger partial charge is 0.330 e. The number of oxime groups is 1. The lowest BCUT2D eigenvalue weighted by Gasteiger charge is -2.21. The molecule has 31 heavy (non-hydrogen) atoms. The number of rotatable bonds is 6. The van der Waals surface area contributed by atoms with Crippen LogP contribution >= 0.6 is 0 Å². The molecular formula is C23H29N4O4+. The van der Waals surface area contributed by atoms with Crippen molar-refractivity contribution in [3.05, 3.63) is 59.7 Å². The van der Waals surface area contributed by atoms with Gasteiger partial charge in [0.1, 0.15) is 13.2 Å². The maximum atomic E-state index is 13.2. The second-order valence-electron chi connectivity index (χ2n) is 7.64. The summed E-state index contributed by atoms with van der Waals surface area (Å²) >= 11 is 0. The van der Waals surface area contributed by atoms with Crippen LogP contribution in [0.25, 0.3) is 0 Å². The molecule has 8 heteroatoms. The molecule has 1 aliphatic carbocycles. The second kappa shape index (κ2) is 10.2. The van der Waals surface area contributed by atoms with Crippen LogP contribution < -0.4 is 10.7 Å². The van der Waals surface area contributed by atoms with Crippen molar-refractivity contribution in [1.29, 1.82) is 0 Å². The molecule has 0 bridgehead atoms. The highest BCUT2D eigenvalue weighted by Gasteiger charge is 2.40. The van der Waals surface area contributed by atoms with Crippen LogP contribution in [-0.4, -0.2) is 59.2 Å². The summed E-state index contributed by atoms with van der Waals surface area (Å²) in [5.41, 5.74) is 7.98. The number of likely N-dealkylation sites (tertiary alicyclic amines) is 1. The van der Waals surface area contributed by atoms with Gasteiger partial charge in [-0.2, -0.15) is 0 Å². The number of allylic oxidation sites excluding steroid dienone is 4. The zero-order valence-electron chi connectivity index (χ0n) is 17.8. The Bertz CT molecular complexity index is 933. The molecule has 0 radical (unpaired) electrons. The number of nitrogens with one attached hydrogen (secondary N) is 1. The van der Waals surface area contributed by atoms with Gasteiger partial charge in [-0.05, 0) is 30.5 Å². The molecule has 2 amide bonds. The predicted octanol–water partition coefficient (Wildman–Crippen LogP) is 0.239. The summed E-state index contributed by atoms with van der Waals surface area (Å²) < 4.78 is 0. The van der Waals surface area contributed by atoms with Gasteiger partial charge in [0.15, 0.2) is 6.10 Å². The SMILES string of the molecule is CCC(O)C(N)=[NH+]C(=O)[C@@H]1CC(=NOC)CN1C(=O)c1ccc(C2C=CC=CC2)cc1. The number of nitrogens with two attached hydrogens (primary N) is 1. The second-order valence-corrected chi connectivity index (χ2v) is 7.64. The van der Waals surface area contributed by atoms with Gasteiger partial charge in [-0.25, -0.2) is 9.79 Å². The fourth-order valence-corrected chi connectivity index (χ4v) is 3.74. The zero-order chi connectivity index (χ0) is 22.4. The number of carbonyl (C=O) groups excluding carboxylic acids is 2. The van der Waals surface area contributed by atoms with E-state index in [-0.39, 0.29) is 24.7 Å². The molecular weight excluding hydrogens is 396 g/mol. The van der Waals surface area contributed by atoms with Gasteiger partial charge in [0.2, 0.25) is 0 Å². The van der Waals surface area contributed by atoms with Crippen LogP contribution in [0.3, 0.4) is 0 Å². The number of aliphatic hydroxyl groups excluding tert-OH is 1. The minimum Gasteiger partial charge on any atom is -0.399 e. The molecule has 0 aromatic heterocycles. The molecule has 4 N–H and O–H groups in total. The molecule has 1 aliphatic heterocycles. The Morgan fingerprint density at radius 3 is 2.68 bits per heavy atom. The maximum Gasteiger partial charge on any atom is 0.330 e. The Balaban J connectivity index is 1.81. The molecule has 8 nitrogen and oxygen atoms in total. The fourth-order valence-electron chi connectivity index (χ4n) is 3.74. The minimum absolute atomic E-state index is 0.0315. The van der Waals surface area contributed by atoms with Crippen molar-refractivity contribution >= 4 is 23.4 Å². The van der Waals surface area contributed by atoms with Crippen molar-refractivity contribution in [2.75, 3.05) is 13.7 Å². The first-order valence-electron chi connectivity index (χ1n) is 10.4. The van der Waals surface area contributed by atoms with E-state index in [1.54, 1.807) is 19.1 Å². The van der Waals surface area contributed by atoms with Crippen molar-refractivity contribution in [3.63, 3.8) is 0 Å². The van der Waals surface area contributed by atoms with E-state index in [2.05, 4.69) is 22.3 Å². The maximum absolute atomic E-state index is 13.2. The lowest BCUT2D eigenvalue weighted by atomic mass is 9.92. The third-order valence-corrected chi connectivity index (χ3v) is 5.52. The van der Waals surface area contributed by atoms with Crippen molar-refractivity contribution < 1.29 is 24.5 Å². The van der Waals surface area contributed by atoms with Gasteiger partial charge >= 0.3 is 5.91 Å². The average molecular weight is 426 g/mol. The van der Waals surface area contributed by atoms with Crippen molar-refractivity contribution in [3.8, 4) is 0 Å². The van der Waals surface area contributed by atoms with Gasteiger partial charge in [0.05, 0.1) is 12.3 Å². The van der Waals surface area contributed by atoms with Gasteiger partial charge in [-0.1, -0.05) is 48.5 Å². The highest BCUT2D eigenvalue weighted by molar-refractivity contribution is 6.04. The van der Waals surface area contributed by atoms with Crippen LogP contribution in [0, 0.1) is 0 Å². The van der Waals surface area contributed by atoms with E-state index in [1.165, 1.54) is 12.0 Å². The molecule has 3 atom stereocenters. The third-order valence-electron chi connectivity index (χ3n) is 5.52. The van der Waals surface area contributed by atoms with Gasteiger partial charge in [-0.15, -0.1) is 0 Å². The molecule has 2 aliphatic rings. The predicted molar refractivity (Wildman–Crippen MR) is 117 cm³/mol. The molecule has 1 saturated heterocycles. The third kappa shape index (κ3) is 5.27. The van der Waals surface area contributed by atoms with Gasteiger partial charge in [0, 0.05) is 17.9 Å². The number of amides is 2. The topological polar surface area (TPSA) is 119 Å². The van der Waals surface area contributed by atoms with Gasteiger partial charge < -0.3 is 14.8 Å².